The van der Waals surface area contributed by atoms with E-state index in [-0.39, 0.29) is 12.5 Å². The molecule has 17 heavy (non-hydrogen) atoms. The number of carbonyl (C=O) groups is 1. The van der Waals surface area contributed by atoms with Crippen LogP contribution >= 0.6 is 0 Å². The third-order valence-electron chi connectivity index (χ3n) is 3.48. The summed E-state index contributed by atoms with van der Waals surface area (Å²) in [6, 6.07) is 7.70. The molecule has 0 bridgehead atoms. The van der Waals surface area contributed by atoms with E-state index in [2.05, 4.69) is 0 Å². The minimum Gasteiger partial charge on any atom is -0.481 e. The summed E-state index contributed by atoms with van der Waals surface area (Å²) in [4.78, 5) is 10.8. The number of aliphatic carboxylic acids is 1. The molecule has 1 saturated carbocycles. The van der Waals surface area contributed by atoms with Crippen molar-refractivity contribution in [3.05, 3.63) is 35.4 Å². The lowest BCUT2D eigenvalue weighted by atomic mass is 9.80. The predicted octanol–water partition coefficient (Wildman–Crippen LogP) is 2.33. The summed E-state index contributed by atoms with van der Waals surface area (Å²) < 4.78 is 0. The number of benzene rings is 1. The molecule has 1 aliphatic rings. The molecule has 1 aromatic rings. The Morgan fingerprint density at radius 1 is 1.29 bits per heavy atom. The molecule has 0 heterocycles. The Morgan fingerprint density at radius 3 is 2.76 bits per heavy atom. The van der Waals surface area contributed by atoms with Gasteiger partial charge >= 0.3 is 5.97 Å². The Kier molecular flexibility index (Phi) is 3.79. The lowest BCUT2D eigenvalue weighted by Gasteiger charge is -2.27. The van der Waals surface area contributed by atoms with Crippen LogP contribution in [0, 0.1) is 0 Å². The maximum Gasteiger partial charge on any atom is 0.307 e. The van der Waals surface area contributed by atoms with Crippen molar-refractivity contribution in [2.24, 2.45) is 0 Å². The number of hydrogen-bond donors (Lipinski definition) is 2. The summed E-state index contributed by atoms with van der Waals surface area (Å²) in [6.07, 6.45) is 3.55. The Labute approximate surface area is 101 Å². The quantitative estimate of drug-likeness (QED) is 0.844. The highest BCUT2D eigenvalue weighted by Gasteiger charge is 2.23. The maximum atomic E-state index is 10.8. The first-order chi connectivity index (χ1) is 8.16. The Hall–Kier alpha value is -1.35. The highest BCUT2D eigenvalue weighted by atomic mass is 16.4. The first-order valence-corrected chi connectivity index (χ1v) is 6.14. The summed E-state index contributed by atoms with van der Waals surface area (Å²) in [7, 11) is 0. The van der Waals surface area contributed by atoms with Crippen LogP contribution in [0.1, 0.15) is 42.7 Å². The van der Waals surface area contributed by atoms with Crippen molar-refractivity contribution < 1.29 is 15.0 Å². The molecule has 3 heteroatoms. The zero-order valence-electron chi connectivity index (χ0n) is 9.80. The van der Waals surface area contributed by atoms with Crippen LogP contribution in [0.15, 0.2) is 24.3 Å². The second-order valence-electron chi connectivity index (χ2n) is 4.79. The highest BCUT2D eigenvalue weighted by molar-refractivity contribution is 5.70. The van der Waals surface area contributed by atoms with Crippen LogP contribution in [0.2, 0.25) is 0 Å². The Morgan fingerprint density at radius 2 is 2.06 bits per heavy atom. The number of carboxylic acid groups (broad SMARTS) is 1. The van der Waals surface area contributed by atoms with Crippen molar-refractivity contribution in [1.29, 1.82) is 0 Å². The Bertz CT molecular complexity index is 400. The van der Waals surface area contributed by atoms with Gasteiger partial charge in [0.15, 0.2) is 0 Å². The molecule has 0 amide bonds. The van der Waals surface area contributed by atoms with E-state index in [9.17, 15) is 9.90 Å². The smallest absolute Gasteiger partial charge is 0.307 e. The fourth-order valence-corrected chi connectivity index (χ4v) is 2.70. The van der Waals surface area contributed by atoms with Gasteiger partial charge in [0.1, 0.15) is 0 Å². The fourth-order valence-electron chi connectivity index (χ4n) is 2.70. The van der Waals surface area contributed by atoms with Crippen molar-refractivity contribution in [2.75, 3.05) is 0 Å². The van der Waals surface area contributed by atoms with Gasteiger partial charge in [0, 0.05) is 0 Å². The van der Waals surface area contributed by atoms with Gasteiger partial charge < -0.3 is 10.2 Å². The number of rotatable bonds is 3. The summed E-state index contributed by atoms with van der Waals surface area (Å²) in [5.41, 5.74) is 1.99. The first-order valence-electron chi connectivity index (χ1n) is 6.14. The van der Waals surface area contributed by atoms with Gasteiger partial charge in [-0.2, -0.15) is 0 Å². The largest absolute Gasteiger partial charge is 0.481 e. The standard InChI is InChI=1S/C14H18O3/c15-12-6-3-5-10(8-12)13-7-2-1-4-11(13)9-14(16)17/h1-2,4,7,10,12,15H,3,5-6,8-9H2,(H,16,17). The van der Waals surface area contributed by atoms with Crippen molar-refractivity contribution in [1.82, 2.24) is 0 Å². The Balaban J connectivity index is 2.21. The highest BCUT2D eigenvalue weighted by Crippen LogP contribution is 2.34. The number of carboxylic acids is 1. The van der Waals surface area contributed by atoms with Crippen molar-refractivity contribution in [3.8, 4) is 0 Å². The van der Waals surface area contributed by atoms with E-state index in [0.717, 1.165) is 36.8 Å². The number of aliphatic hydroxyl groups is 1. The van der Waals surface area contributed by atoms with E-state index >= 15 is 0 Å². The van der Waals surface area contributed by atoms with Gasteiger partial charge in [0.2, 0.25) is 0 Å². The second-order valence-corrected chi connectivity index (χ2v) is 4.79. The van der Waals surface area contributed by atoms with Gasteiger partial charge in [-0.15, -0.1) is 0 Å². The molecule has 1 fully saturated rings. The molecule has 2 rings (SSSR count). The average molecular weight is 234 g/mol. The number of hydrogen-bond acceptors (Lipinski definition) is 2. The van der Waals surface area contributed by atoms with Crippen LogP contribution < -0.4 is 0 Å². The molecule has 0 aromatic heterocycles. The van der Waals surface area contributed by atoms with E-state index in [1.807, 2.05) is 24.3 Å². The summed E-state index contributed by atoms with van der Waals surface area (Å²) in [5, 5.41) is 18.6. The van der Waals surface area contributed by atoms with E-state index in [1.165, 1.54) is 0 Å². The summed E-state index contributed by atoms with van der Waals surface area (Å²) >= 11 is 0. The SMILES string of the molecule is O=C(O)Cc1ccccc1C1CCCC(O)C1. The number of aliphatic hydroxyl groups excluding tert-OH is 1. The van der Waals surface area contributed by atoms with Gasteiger partial charge in [-0.05, 0) is 36.3 Å². The third kappa shape index (κ3) is 3.07. The van der Waals surface area contributed by atoms with Crippen molar-refractivity contribution in [2.45, 2.75) is 44.1 Å². The predicted molar refractivity (Wildman–Crippen MR) is 65.0 cm³/mol. The fraction of sp³-hybridized carbons (Fsp3) is 0.500. The summed E-state index contributed by atoms with van der Waals surface area (Å²) in [5.74, 6) is -0.483. The molecule has 92 valence electrons. The van der Waals surface area contributed by atoms with Gasteiger partial charge in [-0.3, -0.25) is 4.79 Å². The molecular weight excluding hydrogens is 216 g/mol. The topological polar surface area (TPSA) is 57.5 Å². The molecule has 2 unspecified atom stereocenters. The molecule has 0 saturated heterocycles. The van der Waals surface area contributed by atoms with Crippen LogP contribution in [0.5, 0.6) is 0 Å². The zero-order valence-corrected chi connectivity index (χ0v) is 9.80. The van der Waals surface area contributed by atoms with Crippen LogP contribution in [-0.4, -0.2) is 22.3 Å². The minimum atomic E-state index is -0.797. The molecular formula is C14H18O3. The zero-order chi connectivity index (χ0) is 12.3. The van der Waals surface area contributed by atoms with Crippen LogP contribution in [0.3, 0.4) is 0 Å². The van der Waals surface area contributed by atoms with Gasteiger partial charge in [0.25, 0.3) is 0 Å². The van der Waals surface area contributed by atoms with E-state index in [0.29, 0.717) is 5.92 Å². The molecule has 1 aliphatic carbocycles. The lowest BCUT2D eigenvalue weighted by Crippen LogP contribution is -2.19. The van der Waals surface area contributed by atoms with Crippen LogP contribution in [0.4, 0.5) is 0 Å². The van der Waals surface area contributed by atoms with E-state index in [1.54, 1.807) is 0 Å². The molecule has 0 aliphatic heterocycles. The molecule has 0 spiro atoms. The van der Waals surface area contributed by atoms with E-state index < -0.39 is 5.97 Å². The van der Waals surface area contributed by atoms with Crippen LogP contribution in [-0.2, 0) is 11.2 Å². The average Bonchev–Trinajstić information content (AvgIpc) is 2.29. The molecule has 3 nitrogen and oxygen atoms in total. The minimum absolute atomic E-state index is 0.0722. The van der Waals surface area contributed by atoms with Gasteiger partial charge in [-0.25, -0.2) is 0 Å². The molecule has 2 atom stereocenters. The second kappa shape index (κ2) is 5.32. The first kappa shape index (κ1) is 12.1. The maximum absolute atomic E-state index is 10.8. The van der Waals surface area contributed by atoms with Gasteiger partial charge in [-0.1, -0.05) is 30.7 Å². The van der Waals surface area contributed by atoms with Crippen molar-refractivity contribution >= 4 is 5.97 Å². The molecule has 2 N–H and O–H groups in total. The van der Waals surface area contributed by atoms with Crippen molar-refractivity contribution in [3.63, 3.8) is 0 Å². The van der Waals surface area contributed by atoms with Crippen LogP contribution in [0.25, 0.3) is 0 Å². The monoisotopic (exact) mass is 234 g/mol. The lowest BCUT2D eigenvalue weighted by molar-refractivity contribution is -0.136. The summed E-state index contributed by atoms with van der Waals surface area (Å²) in [6.45, 7) is 0. The third-order valence-corrected chi connectivity index (χ3v) is 3.48. The van der Waals surface area contributed by atoms with E-state index in [4.69, 9.17) is 5.11 Å². The normalized spacial score (nSPS) is 24.5. The molecule has 1 aromatic carbocycles. The molecule has 0 radical (unpaired) electrons. The van der Waals surface area contributed by atoms with Gasteiger partial charge in [0.05, 0.1) is 12.5 Å².